The molecule has 3 aliphatic heterocycles. The monoisotopic (exact) mass is 377 g/mol. The third-order valence-corrected chi connectivity index (χ3v) is 6.99. The van der Waals surface area contributed by atoms with E-state index in [0.29, 0.717) is 12.0 Å². The summed E-state index contributed by atoms with van der Waals surface area (Å²) < 4.78 is 5.54. The van der Waals surface area contributed by atoms with Crippen LogP contribution >= 0.6 is 0 Å². The molecule has 0 bridgehead atoms. The number of methoxy groups -OCH3 is 1. The topological polar surface area (TPSA) is 19.0 Å². The fourth-order valence-corrected chi connectivity index (χ4v) is 5.59. The van der Waals surface area contributed by atoms with E-state index in [0.717, 1.165) is 25.3 Å². The number of piperidine rings is 1. The van der Waals surface area contributed by atoms with Gasteiger partial charge in [-0.1, -0.05) is 30.3 Å². The number of para-hydroxylation sites is 2. The van der Waals surface area contributed by atoms with Gasteiger partial charge >= 0.3 is 0 Å². The molecule has 2 aromatic carbocycles. The molecule has 1 saturated heterocycles. The van der Waals surface area contributed by atoms with Crippen LogP contribution in [0.2, 0.25) is 0 Å². The summed E-state index contributed by atoms with van der Waals surface area (Å²) in [5.74, 6) is 1.66. The van der Waals surface area contributed by atoms with Crippen LogP contribution < -0.4 is 14.5 Å². The molecule has 0 amide bonds. The summed E-state index contributed by atoms with van der Waals surface area (Å²) in [6, 6.07) is 16.1. The molecule has 4 nitrogen and oxygen atoms in total. The second-order valence-corrected chi connectivity index (χ2v) is 8.51. The van der Waals surface area contributed by atoms with Gasteiger partial charge in [0.2, 0.25) is 0 Å². The van der Waals surface area contributed by atoms with E-state index < -0.39 is 0 Å². The molecule has 148 valence electrons. The average molecular weight is 378 g/mol. The number of ether oxygens (including phenoxy) is 1. The van der Waals surface area contributed by atoms with Gasteiger partial charge in [0, 0.05) is 51.7 Å². The highest BCUT2D eigenvalue weighted by molar-refractivity contribution is 5.79. The lowest BCUT2D eigenvalue weighted by atomic mass is 9.88. The largest absolute Gasteiger partial charge is 0.496 e. The number of nitrogens with zero attached hydrogens (tertiary/aromatic N) is 3. The van der Waals surface area contributed by atoms with Crippen LogP contribution in [-0.4, -0.2) is 57.8 Å². The minimum absolute atomic E-state index is 0.646. The Hall–Kier alpha value is -2.20. The number of hydrogen-bond acceptors (Lipinski definition) is 4. The number of fused-ring (bicyclic) bond motifs is 3. The summed E-state index contributed by atoms with van der Waals surface area (Å²) in [7, 11) is 4.02. The lowest BCUT2D eigenvalue weighted by Gasteiger charge is -2.39. The van der Waals surface area contributed by atoms with Crippen LogP contribution in [0.3, 0.4) is 0 Å². The molecular formula is C24H31N3O. The Bertz CT molecular complexity index is 851. The summed E-state index contributed by atoms with van der Waals surface area (Å²) in [5.41, 5.74) is 5.87. The van der Waals surface area contributed by atoms with E-state index in [1.165, 1.54) is 49.4 Å². The number of benzene rings is 2. The second kappa shape index (κ2) is 7.32. The average Bonchev–Trinajstić information content (AvgIpc) is 2.94. The summed E-state index contributed by atoms with van der Waals surface area (Å²) in [5, 5.41) is 0. The fourth-order valence-electron chi connectivity index (χ4n) is 5.59. The third-order valence-electron chi connectivity index (χ3n) is 6.99. The van der Waals surface area contributed by atoms with Gasteiger partial charge in [-0.15, -0.1) is 0 Å². The molecule has 5 rings (SSSR count). The molecule has 2 atom stereocenters. The van der Waals surface area contributed by atoms with Crippen LogP contribution in [0, 0.1) is 0 Å². The summed E-state index contributed by atoms with van der Waals surface area (Å²) >= 11 is 0. The van der Waals surface area contributed by atoms with Gasteiger partial charge in [0.05, 0.1) is 18.5 Å². The van der Waals surface area contributed by atoms with E-state index in [1.54, 1.807) is 12.7 Å². The van der Waals surface area contributed by atoms with E-state index in [9.17, 15) is 0 Å². The highest BCUT2D eigenvalue weighted by Crippen LogP contribution is 2.49. The molecule has 0 aromatic heterocycles. The first-order valence-corrected chi connectivity index (χ1v) is 10.7. The SMILES string of the molecule is COc1ccccc1CCN1CC[C@H]2[C@@H](C1)c1cccc3c1N2CCCN3C. The number of anilines is 2. The van der Waals surface area contributed by atoms with Crippen LogP contribution in [0.4, 0.5) is 11.4 Å². The Balaban J connectivity index is 1.35. The Morgan fingerprint density at radius 2 is 1.93 bits per heavy atom. The zero-order chi connectivity index (χ0) is 19.1. The van der Waals surface area contributed by atoms with Crippen molar-refractivity contribution in [2.24, 2.45) is 0 Å². The standard InChI is InChI=1S/C24H31N3O/c1-25-13-6-14-27-21-12-16-26(15-11-18-7-3-4-10-23(18)28-2)17-20(21)19-8-5-9-22(25)24(19)27/h3-5,7-10,20-21H,6,11-17H2,1-2H3/t20-,21-/m0/s1. The molecule has 0 aliphatic carbocycles. The molecule has 0 saturated carbocycles. The van der Waals surface area contributed by atoms with Gasteiger partial charge < -0.3 is 19.4 Å². The molecule has 1 fully saturated rings. The van der Waals surface area contributed by atoms with Gasteiger partial charge in [0.15, 0.2) is 0 Å². The van der Waals surface area contributed by atoms with Crippen LogP contribution in [0.1, 0.15) is 29.9 Å². The van der Waals surface area contributed by atoms with E-state index >= 15 is 0 Å². The molecule has 0 spiro atoms. The van der Waals surface area contributed by atoms with E-state index in [4.69, 9.17) is 4.74 Å². The number of rotatable bonds is 4. The fraction of sp³-hybridized carbons (Fsp3) is 0.500. The lowest BCUT2D eigenvalue weighted by Crippen LogP contribution is -2.47. The summed E-state index contributed by atoms with van der Waals surface area (Å²) in [4.78, 5) is 7.87. The third kappa shape index (κ3) is 2.95. The zero-order valence-corrected chi connectivity index (χ0v) is 17.1. The first-order valence-electron chi connectivity index (χ1n) is 10.7. The number of hydrogen-bond donors (Lipinski definition) is 0. The zero-order valence-electron chi connectivity index (χ0n) is 17.1. The molecule has 3 heterocycles. The van der Waals surface area contributed by atoms with E-state index in [1.807, 2.05) is 0 Å². The van der Waals surface area contributed by atoms with Crippen molar-refractivity contribution in [3.05, 3.63) is 53.6 Å². The maximum Gasteiger partial charge on any atom is 0.122 e. The van der Waals surface area contributed by atoms with Gasteiger partial charge in [0.1, 0.15) is 5.75 Å². The van der Waals surface area contributed by atoms with Crippen molar-refractivity contribution >= 4 is 11.4 Å². The van der Waals surface area contributed by atoms with Crippen molar-refractivity contribution in [2.75, 3.05) is 56.7 Å². The molecule has 3 aliphatic rings. The van der Waals surface area contributed by atoms with Gasteiger partial charge in [-0.2, -0.15) is 0 Å². The van der Waals surface area contributed by atoms with E-state index in [2.05, 4.69) is 64.2 Å². The smallest absolute Gasteiger partial charge is 0.122 e. The maximum absolute atomic E-state index is 5.54. The van der Waals surface area contributed by atoms with Crippen molar-refractivity contribution in [2.45, 2.75) is 31.2 Å². The van der Waals surface area contributed by atoms with Crippen LogP contribution in [0.25, 0.3) is 0 Å². The van der Waals surface area contributed by atoms with Gasteiger partial charge in [-0.05, 0) is 42.5 Å². The molecular weight excluding hydrogens is 346 g/mol. The van der Waals surface area contributed by atoms with Crippen molar-refractivity contribution in [3.8, 4) is 5.75 Å². The normalized spacial score (nSPS) is 23.9. The van der Waals surface area contributed by atoms with E-state index in [-0.39, 0.29) is 0 Å². The van der Waals surface area contributed by atoms with Crippen molar-refractivity contribution in [1.29, 1.82) is 0 Å². The Morgan fingerprint density at radius 3 is 2.82 bits per heavy atom. The highest BCUT2D eigenvalue weighted by Gasteiger charge is 2.43. The van der Waals surface area contributed by atoms with Gasteiger partial charge in [-0.3, -0.25) is 0 Å². The predicted molar refractivity (Wildman–Crippen MR) is 116 cm³/mol. The first-order chi connectivity index (χ1) is 13.8. The Kier molecular flexibility index (Phi) is 4.67. The second-order valence-electron chi connectivity index (χ2n) is 8.51. The first kappa shape index (κ1) is 17.9. The van der Waals surface area contributed by atoms with Crippen molar-refractivity contribution in [1.82, 2.24) is 4.90 Å². The Labute approximate surface area is 168 Å². The Morgan fingerprint density at radius 1 is 1.04 bits per heavy atom. The van der Waals surface area contributed by atoms with Gasteiger partial charge in [0.25, 0.3) is 0 Å². The predicted octanol–water partition coefficient (Wildman–Crippen LogP) is 3.76. The number of likely N-dealkylation sites (tertiary alicyclic amines) is 1. The lowest BCUT2D eigenvalue weighted by molar-refractivity contribution is 0.195. The molecule has 28 heavy (non-hydrogen) atoms. The highest BCUT2D eigenvalue weighted by atomic mass is 16.5. The summed E-state index contributed by atoms with van der Waals surface area (Å²) in [6.45, 7) is 5.85. The summed E-state index contributed by atoms with van der Waals surface area (Å²) in [6.07, 6.45) is 3.58. The van der Waals surface area contributed by atoms with Crippen molar-refractivity contribution < 1.29 is 4.74 Å². The molecule has 2 aromatic rings. The van der Waals surface area contributed by atoms with Crippen molar-refractivity contribution in [3.63, 3.8) is 0 Å². The molecule has 0 N–H and O–H groups in total. The maximum atomic E-state index is 5.54. The van der Waals surface area contributed by atoms with Crippen LogP contribution in [0.5, 0.6) is 5.75 Å². The molecule has 0 radical (unpaired) electrons. The molecule has 4 heteroatoms. The minimum Gasteiger partial charge on any atom is -0.496 e. The minimum atomic E-state index is 0.646. The van der Waals surface area contributed by atoms with Crippen LogP contribution in [0.15, 0.2) is 42.5 Å². The van der Waals surface area contributed by atoms with Gasteiger partial charge in [-0.25, -0.2) is 0 Å². The van der Waals surface area contributed by atoms with Crippen LogP contribution in [-0.2, 0) is 6.42 Å². The quantitative estimate of drug-likeness (QED) is 0.808. The molecule has 0 unspecified atom stereocenters.